The summed E-state index contributed by atoms with van der Waals surface area (Å²) < 4.78 is 1.07. The van der Waals surface area contributed by atoms with Crippen LogP contribution in [0.25, 0.3) is 0 Å². The van der Waals surface area contributed by atoms with Crippen LogP contribution in [0.3, 0.4) is 0 Å². The van der Waals surface area contributed by atoms with Crippen LogP contribution in [0.1, 0.15) is 19.4 Å². The molecule has 0 radical (unpaired) electrons. The lowest BCUT2D eigenvalue weighted by Gasteiger charge is -2.07. The maximum absolute atomic E-state index is 5.41. The van der Waals surface area contributed by atoms with Gasteiger partial charge in [-0.15, -0.1) is 0 Å². The molecule has 4 heteroatoms. The van der Waals surface area contributed by atoms with E-state index in [-0.39, 0.29) is 6.04 Å². The van der Waals surface area contributed by atoms with E-state index in [1.165, 1.54) is 5.56 Å². The van der Waals surface area contributed by atoms with Crippen molar-refractivity contribution in [3.63, 3.8) is 0 Å². The molecule has 0 aromatic heterocycles. The van der Waals surface area contributed by atoms with Crippen LogP contribution in [0.15, 0.2) is 33.7 Å². The zero-order valence-corrected chi connectivity index (χ0v) is 10.6. The summed E-state index contributed by atoms with van der Waals surface area (Å²) in [4.78, 5) is 4.39. The first kappa shape index (κ1) is 12.2. The van der Waals surface area contributed by atoms with E-state index < -0.39 is 0 Å². The lowest BCUT2D eigenvalue weighted by atomic mass is 10.1. The number of hydrazine groups is 1. The van der Waals surface area contributed by atoms with Gasteiger partial charge in [0.05, 0.1) is 0 Å². The first-order valence-corrected chi connectivity index (χ1v) is 5.69. The smallest absolute Gasteiger partial charge is 0.115 e. The van der Waals surface area contributed by atoms with Gasteiger partial charge >= 0.3 is 0 Å². The molecule has 0 saturated heterocycles. The predicted octanol–water partition coefficient (Wildman–Crippen LogP) is 2.26. The Morgan fingerprint density at radius 1 is 1.53 bits per heavy atom. The first-order valence-electron chi connectivity index (χ1n) is 4.89. The highest BCUT2D eigenvalue weighted by Gasteiger charge is 2.01. The van der Waals surface area contributed by atoms with Crippen molar-refractivity contribution in [2.75, 3.05) is 0 Å². The summed E-state index contributed by atoms with van der Waals surface area (Å²) in [5.74, 6) is 6.22. The summed E-state index contributed by atoms with van der Waals surface area (Å²) in [6.45, 7) is 4.05. The van der Waals surface area contributed by atoms with E-state index in [0.29, 0.717) is 0 Å². The Hall–Kier alpha value is -0.870. The molecule has 0 aliphatic heterocycles. The monoisotopic (exact) mass is 269 g/mol. The van der Waals surface area contributed by atoms with E-state index in [2.05, 4.69) is 38.5 Å². The van der Waals surface area contributed by atoms with Gasteiger partial charge in [-0.05, 0) is 31.5 Å². The van der Waals surface area contributed by atoms with Crippen molar-refractivity contribution < 1.29 is 0 Å². The number of benzene rings is 1. The molecular formula is C11H16BrN3. The van der Waals surface area contributed by atoms with Crippen molar-refractivity contribution in [3.8, 4) is 0 Å². The fourth-order valence-corrected chi connectivity index (χ4v) is 1.73. The highest BCUT2D eigenvalue weighted by molar-refractivity contribution is 9.10. The van der Waals surface area contributed by atoms with Gasteiger partial charge in [-0.25, -0.2) is 5.84 Å². The number of halogens is 1. The topological polar surface area (TPSA) is 50.4 Å². The van der Waals surface area contributed by atoms with Crippen LogP contribution in [0.4, 0.5) is 0 Å². The predicted molar refractivity (Wildman–Crippen MR) is 67.7 cm³/mol. The Bertz CT molecular complexity index is 347. The van der Waals surface area contributed by atoms with Gasteiger partial charge in [0, 0.05) is 16.9 Å². The first-order chi connectivity index (χ1) is 7.11. The average molecular weight is 270 g/mol. The molecule has 0 spiro atoms. The molecule has 0 fully saturated rings. The SMILES string of the molecule is CC(C)N=C(Cc1cccc(Br)c1)NN. The Morgan fingerprint density at radius 3 is 2.80 bits per heavy atom. The van der Waals surface area contributed by atoms with Crippen LogP contribution < -0.4 is 11.3 Å². The summed E-state index contributed by atoms with van der Waals surface area (Å²) in [6, 6.07) is 8.37. The largest absolute Gasteiger partial charge is 0.312 e. The van der Waals surface area contributed by atoms with Crippen LogP contribution in [-0.4, -0.2) is 11.9 Å². The third kappa shape index (κ3) is 4.44. The molecule has 0 aliphatic rings. The van der Waals surface area contributed by atoms with Crippen molar-refractivity contribution in [1.82, 2.24) is 5.43 Å². The maximum Gasteiger partial charge on any atom is 0.115 e. The van der Waals surface area contributed by atoms with E-state index in [9.17, 15) is 0 Å². The van der Waals surface area contributed by atoms with Gasteiger partial charge in [0.1, 0.15) is 5.84 Å². The molecule has 0 heterocycles. The third-order valence-electron chi connectivity index (χ3n) is 1.84. The molecule has 15 heavy (non-hydrogen) atoms. The number of hydrogen-bond acceptors (Lipinski definition) is 2. The number of nitrogens with zero attached hydrogens (tertiary/aromatic N) is 1. The van der Waals surface area contributed by atoms with Gasteiger partial charge < -0.3 is 5.43 Å². The number of rotatable bonds is 3. The maximum atomic E-state index is 5.41. The van der Waals surface area contributed by atoms with Gasteiger partial charge in [-0.1, -0.05) is 28.1 Å². The second-order valence-electron chi connectivity index (χ2n) is 3.62. The zero-order valence-electron chi connectivity index (χ0n) is 9.00. The van der Waals surface area contributed by atoms with Gasteiger partial charge in [0.25, 0.3) is 0 Å². The standard InChI is InChI=1S/C11H16BrN3/c1-8(2)14-11(15-13)7-9-4-3-5-10(12)6-9/h3-6,8H,7,13H2,1-2H3,(H,14,15). The van der Waals surface area contributed by atoms with E-state index in [4.69, 9.17) is 5.84 Å². The number of nitrogens with one attached hydrogen (secondary N) is 1. The minimum atomic E-state index is 0.253. The molecule has 3 nitrogen and oxygen atoms in total. The van der Waals surface area contributed by atoms with Crippen LogP contribution in [0.2, 0.25) is 0 Å². The van der Waals surface area contributed by atoms with Gasteiger partial charge in [0.15, 0.2) is 0 Å². The Balaban J connectivity index is 2.75. The normalized spacial score (nSPS) is 11.9. The summed E-state index contributed by atoms with van der Waals surface area (Å²) in [7, 11) is 0. The van der Waals surface area contributed by atoms with Gasteiger partial charge in [-0.3, -0.25) is 4.99 Å². The van der Waals surface area contributed by atoms with Crippen molar-refractivity contribution in [2.45, 2.75) is 26.3 Å². The van der Waals surface area contributed by atoms with Gasteiger partial charge in [-0.2, -0.15) is 0 Å². The lowest BCUT2D eigenvalue weighted by molar-refractivity contribution is 0.811. The Labute approximate surface area is 98.9 Å². The second kappa shape index (κ2) is 5.88. The zero-order chi connectivity index (χ0) is 11.3. The molecule has 0 saturated carbocycles. The Morgan fingerprint density at radius 2 is 2.27 bits per heavy atom. The fraction of sp³-hybridized carbons (Fsp3) is 0.364. The Kier molecular flexibility index (Phi) is 4.78. The van der Waals surface area contributed by atoms with E-state index in [1.807, 2.05) is 26.0 Å². The molecule has 3 N–H and O–H groups in total. The van der Waals surface area contributed by atoms with Crippen LogP contribution in [-0.2, 0) is 6.42 Å². The van der Waals surface area contributed by atoms with E-state index in [1.54, 1.807) is 0 Å². The summed E-state index contributed by atoms with van der Waals surface area (Å²) in [6.07, 6.45) is 0.730. The number of amidine groups is 1. The number of nitrogens with two attached hydrogens (primary N) is 1. The quantitative estimate of drug-likeness (QED) is 0.383. The fourth-order valence-electron chi connectivity index (χ4n) is 1.29. The minimum Gasteiger partial charge on any atom is -0.312 e. The molecule has 0 unspecified atom stereocenters. The van der Waals surface area contributed by atoms with Crippen LogP contribution in [0.5, 0.6) is 0 Å². The van der Waals surface area contributed by atoms with Crippen molar-refractivity contribution >= 4 is 21.8 Å². The number of aliphatic imine (C=N–C) groups is 1. The average Bonchev–Trinajstić information content (AvgIpc) is 2.16. The summed E-state index contributed by atoms with van der Waals surface area (Å²) in [5, 5.41) is 0. The lowest BCUT2D eigenvalue weighted by Crippen LogP contribution is -2.32. The molecule has 82 valence electrons. The molecule has 0 atom stereocenters. The minimum absolute atomic E-state index is 0.253. The third-order valence-corrected chi connectivity index (χ3v) is 2.33. The number of hydrogen-bond donors (Lipinski definition) is 2. The molecule has 1 aromatic carbocycles. The van der Waals surface area contributed by atoms with Crippen LogP contribution in [0, 0.1) is 0 Å². The van der Waals surface area contributed by atoms with Crippen molar-refractivity contribution in [2.24, 2.45) is 10.8 Å². The van der Waals surface area contributed by atoms with E-state index >= 15 is 0 Å². The highest BCUT2D eigenvalue weighted by atomic mass is 79.9. The molecule has 0 aliphatic carbocycles. The van der Waals surface area contributed by atoms with Gasteiger partial charge in [0.2, 0.25) is 0 Å². The summed E-state index contributed by atoms with van der Waals surface area (Å²) >= 11 is 3.43. The molecule has 1 aromatic rings. The van der Waals surface area contributed by atoms with Crippen molar-refractivity contribution in [1.29, 1.82) is 0 Å². The highest BCUT2D eigenvalue weighted by Crippen LogP contribution is 2.12. The summed E-state index contributed by atoms with van der Waals surface area (Å²) in [5.41, 5.74) is 3.82. The van der Waals surface area contributed by atoms with Crippen molar-refractivity contribution in [3.05, 3.63) is 34.3 Å². The van der Waals surface area contributed by atoms with E-state index in [0.717, 1.165) is 16.7 Å². The molecule has 1 rings (SSSR count). The van der Waals surface area contributed by atoms with Crippen LogP contribution >= 0.6 is 15.9 Å². The molecule has 0 amide bonds. The molecular weight excluding hydrogens is 254 g/mol. The second-order valence-corrected chi connectivity index (χ2v) is 4.54. The molecule has 0 bridgehead atoms.